The molecule has 0 saturated carbocycles. The van der Waals surface area contributed by atoms with E-state index >= 15 is 0 Å². The number of benzene rings is 2. The lowest BCUT2D eigenvalue weighted by Crippen LogP contribution is -2.12. The highest BCUT2D eigenvalue weighted by atomic mass is 35.5. The zero-order chi connectivity index (χ0) is 16.4. The molecule has 0 N–H and O–H groups in total. The minimum absolute atomic E-state index is 0.0322. The third-order valence-electron chi connectivity index (χ3n) is 3.55. The standard InChI is InChI=1S/C18H13ClO4/c1-11-16(22-10-15(20)12-5-3-2-4-6-12)8-7-13-17(21)14(19)9-23-18(11)13/h2-9H,10H2,1H3. The topological polar surface area (TPSA) is 56.5 Å². The summed E-state index contributed by atoms with van der Waals surface area (Å²) in [6, 6.07) is 12.1. The summed E-state index contributed by atoms with van der Waals surface area (Å²) >= 11 is 5.77. The highest BCUT2D eigenvalue weighted by Gasteiger charge is 2.13. The maximum absolute atomic E-state index is 12.1. The van der Waals surface area contributed by atoms with E-state index in [9.17, 15) is 9.59 Å². The second-order valence-corrected chi connectivity index (χ2v) is 5.46. The highest BCUT2D eigenvalue weighted by molar-refractivity contribution is 6.30. The van der Waals surface area contributed by atoms with E-state index in [1.54, 1.807) is 43.3 Å². The average molecular weight is 329 g/mol. The van der Waals surface area contributed by atoms with Crippen LogP contribution in [0.15, 0.2) is 57.9 Å². The van der Waals surface area contributed by atoms with Gasteiger partial charge in [0.1, 0.15) is 22.6 Å². The van der Waals surface area contributed by atoms with Crippen molar-refractivity contribution in [1.29, 1.82) is 0 Å². The summed E-state index contributed by atoms with van der Waals surface area (Å²) in [6.45, 7) is 1.68. The molecule has 116 valence electrons. The zero-order valence-electron chi connectivity index (χ0n) is 12.3. The highest BCUT2D eigenvalue weighted by Crippen LogP contribution is 2.26. The molecule has 4 nitrogen and oxygen atoms in total. The molecular weight excluding hydrogens is 316 g/mol. The Morgan fingerprint density at radius 3 is 2.65 bits per heavy atom. The Bertz CT molecular complexity index is 929. The van der Waals surface area contributed by atoms with Crippen molar-refractivity contribution in [2.24, 2.45) is 0 Å². The fourth-order valence-electron chi connectivity index (χ4n) is 2.30. The van der Waals surface area contributed by atoms with Crippen LogP contribution in [0.2, 0.25) is 5.02 Å². The number of hydrogen-bond acceptors (Lipinski definition) is 4. The van der Waals surface area contributed by atoms with E-state index in [1.807, 2.05) is 6.07 Å². The van der Waals surface area contributed by atoms with E-state index in [4.69, 9.17) is 20.8 Å². The Hall–Kier alpha value is -2.59. The second kappa shape index (κ2) is 6.26. The van der Waals surface area contributed by atoms with E-state index in [-0.39, 0.29) is 22.8 Å². The van der Waals surface area contributed by atoms with Gasteiger partial charge in [0, 0.05) is 11.1 Å². The minimum Gasteiger partial charge on any atom is -0.485 e. The molecule has 3 aromatic rings. The fraction of sp³-hybridized carbons (Fsp3) is 0.111. The number of carbonyl (C=O) groups excluding carboxylic acids is 1. The van der Waals surface area contributed by atoms with Crippen molar-refractivity contribution < 1.29 is 13.9 Å². The molecule has 23 heavy (non-hydrogen) atoms. The molecule has 0 radical (unpaired) electrons. The van der Waals surface area contributed by atoms with Gasteiger partial charge in [-0.25, -0.2) is 0 Å². The molecule has 5 heteroatoms. The number of ether oxygens (including phenoxy) is 1. The van der Waals surface area contributed by atoms with Gasteiger partial charge in [0.25, 0.3) is 0 Å². The summed E-state index contributed by atoms with van der Waals surface area (Å²) < 4.78 is 11.0. The fourth-order valence-corrected chi connectivity index (χ4v) is 2.45. The lowest BCUT2D eigenvalue weighted by molar-refractivity contribution is 0.0921. The predicted molar refractivity (Wildman–Crippen MR) is 88.5 cm³/mol. The van der Waals surface area contributed by atoms with Crippen molar-refractivity contribution in [2.45, 2.75) is 6.92 Å². The SMILES string of the molecule is Cc1c(OCC(=O)c2ccccc2)ccc2c(=O)c(Cl)coc12. The molecule has 0 unspecified atom stereocenters. The lowest BCUT2D eigenvalue weighted by atomic mass is 10.1. The Kier molecular flexibility index (Phi) is 4.17. The zero-order valence-corrected chi connectivity index (χ0v) is 13.1. The quantitative estimate of drug-likeness (QED) is 0.679. The number of halogens is 1. The van der Waals surface area contributed by atoms with Gasteiger partial charge in [0.05, 0.1) is 5.39 Å². The van der Waals surface area contributed by atoms with Gasteiger partial charge in [-0.3, -0.25) is 9.59 Å². The van der Waals surface area contributed by atoms with Gasteiger partial charge in [-0.15, -0.1) is 0 Å². The van der Waals surface area contributed by atoms with Crippen molar-refractivity contribution in [1.82, 2.24) is 0 Å². The molecule has 0 atom stereocenters. The lowest BCUT2D eigenvalue weighted by Gasteiger charge is -2.10. The van der Waals surface area contributed by atoms with Crippen LogP contribution < -0.4 is 10.2 Å². The van der Waals surface area contributed by atoms with E-state index in [0.29, 0.717) is 27.8 Å². The first-order valence-electron chi connectivity index (χ1n) is 6.99. The molecule has 0 aliphatic heterocycles. The molecule has 1 heterocycles. The molecule has 0 saturated heterocycles. The van der Waals surface area contributed by atoms with Crippen molar-refractivity contribution >= 4 is 28.4 Å². The number of hydrogen-bond donors (Lipinski definition) is 0. The molecule has 0 spiro atoms. The first-order chi connectivity index (χ1) is 11.1. The van der Waals surface area contributed by atoms with Crippen molar-refractivity contribution in [3.63, 3.8) is 0 Å². The van der Waals surface area contributed by atoms with E-state index < -0.39 is 0 Å². The molecule has 0 aliphatic rings. The molecular formula is C18H13ClO4. The second-order valence-electron chi connectivity index (χ2n) is 5.06. The van der Waals surface area contributed by atoms with Crippen LogP contribution in [0.25, 0.3) is 11.0 Å². The number of ketones is 1. The summed E-state index contributed by atoms with van der Waals surface area (Å²) in [5.74, 6) is 0.370. The number of rotatable bonds is 4. The van der Waals surface area contributed by atoms with Crippen LogP contribution in [0.3, 0.4) is 0 Å². The van der Waals surface area contributed by atoms with E-state index in [1.165, 1.54) is 6.26 Å². The maximum Gasteiger partial charge on any atom is 0.211 e. The largest absolute Gasteiger partial charge is 0.485 e. The Morgan fingerprint density at radius 2 is 1.91 bits per heavy atom. The van der Waals surface area contributed by atoms with Gasteiger partial charge in [0.2, 0.25) is 5.43 Å². The van der Waals surface area contributed by atoms with Crippen LogP contribution in [0, 0.1) is 6.92 Å². The number of Topliss-reactive ketones (excluding diaryl/α,β-unsaturated/α-hetero) is 1. The molecule has 0 fully saturated rings. The smallest absolute Gasteiger partial charge is 0.211 e. The molecule has 0 bridgehead atoms. The van der Waals surface area contributed by atoms with Crippen LogP contribution in [0.1, 0.15) is 15.9 Å². The summed E-state index contributed by atoms with van der Waals surface area (Å²) in [4.78, 5) is 24.0. The first-order valence-corrected chi connectivity index (χ1v) is 7.37. The van der Waals surface area contributed by atoms with Crippen molar-refractivity contribution in [3.05, 3.63) is 75.1 Å². The van der Waals surface area contributed by atoms with Crippen molar-refractivity contribution in [2.75, 3.05) is 6.61 Å². The summed E-state index contributed by atoms with van der Waals surface area (Å²) in [7, 11) is 0. The van der Waals surface area contributed by atoms with Crippen LogP contribution in [0.5, 0.6) is 5.75 Å². The molecule has 0 amide bonds. The van der Waals surface area contributed by atoms with E-state index in [2.05, 4.69) is 0 Å². The van der Waals surface area contributed by atoms with Crippen LogP contribution >= 0.6 is 11.6 Å². The van der Waals surface area contributed by atoms with Crippen LogP contribution in [-0.2, 0) is 0 Å². The predicted octanol–water partition coefficient (Wildman–Crippen LogP) is 4.02. The maximum atomic E-state index is 12.1. The minimum atomic E-state index is -0.289. The van der Waals surface area contributed by atoms with Crippen molar-refractivity contribution in [3.8, 4) is 5.75 Å². The summed E-state index contributed by atoms with van der Waals surface area (Å²) in [6.07, 6.45) is 1.21. The molecule has 3 rings (SSSR count). The van der Waals surface area contributed by atoms with E-state index in [0.717, 1.165) is 0 Å². The Balaban J connectivity index is 1.87. The van der Waals surface area contributed by atoms with Crippen LogP contribution in [-0.4, -0.2) is 12.4 Å². The normalized spacial score (nSPS) is 10.7. The monoisotopic (exact) mass is 328 g/mol. The number of carbonyl (C=O) groups is 1. The number of fused-ring (bicyclic) bond motifs is 1. The Morgan fingerprint density at radius 1 is 1.17 bits per heavy atom. The van der Waals surface area contributed by atoms with Gasteiger partial charge >= 0.3 is 0 Å². The number of aryl methyl sites for hydroxylation is 1. The summed E-state index contributed by atoms with van der Waals surface area (Å²) in [5.41, 5.74) is 1.35. The van der Waals surface area contributed by atoms with Gasteiger partial charge in [-0.05, 0) is 19.1 Å². The average Bonchev–Trinajstić information content (AvgIpc) is 2.58. The third-order valence-corrected chi connectivity index (χ3v) is 3.81. The molecule has 2 aromatic carbocycles. The van der Waals surface area contributed by atoms with Gasteiger partial charge in [-0.1, -0.05) is 41.9 Å². The molecule has 1 aromatic heterocycles. The van der Waals surface area contributed by atoms with Gasteiger partial charge < -0.3 is 9.15 Å². The van der Waals surface area contributed by atoms with Crippen LogP contribution in [0.4, 0.5) is 0 Å². The summed E-state index contributed by atoms with van der Waals surface area (Å²) in [5, 5.41) is 0.418. The first kappa shape index (κ1) is 15.3. The molecule has 0 aliphatic carbocycles. The third kappa shape index (κ3) is 2.98. The van der Waals surface area contributed by atoms with Gasteiger partial charge in [-0.2, -0.15) is 0 Å². The Labute approximate surface area is 137 Å². The van der Waals surface area contributed by atoms with Gasteiger partial charge in [0.15, 0.2) is 12.4 Å².